The quantitative estimate of drug-likeness (QED) is 0.663. The van der Waals surface area contributed by atoms with Crippen LogP contribution in [0.25, 0.3) is 0 Å². The van der Waals surface area contributed by atoms with E-state index in [1.54, 1.807) is 17.0 Å². The topological polar surface area (TPSA) is 49.4 Å². The SMILES string of the molecule is O=C1CN(C(=O)CCC2CCCC2)[C@H](c2ccc(F)cc2)c2cc(Br)ccc2N1. The van der Waals surface area contributed by atoms with Gasteiger partial charge in [0.2, 0.25) is 11.8 Å². The first-order chi connectivity index (χ1) is 14.0. The van der Waals surface area contributed by atoms with Crippen LogP contribution in [0.3, 0.4) is 0 Å². The van der Waals surface area contributed by atoms with E-state index in [1.165, 1.54) is 37.8 Å². The van der Waals surface area contributed by atoms with Crippen LogP contribution in [0.4, 0.5) is 10.1 Å². The van der Waals surface area contributed by atoms with Gasteiger partial charge in [-0.2, -0.15) is 0 Å². The van der Waals surface area contributed by atoms with Gasteiger partial charge in [-0.3, -0.25) is 9.59 Å². The number of hydrogen-bond donors (Lipinski definition) is 1. The second-order valence-corrected chi connectivity index (χ2v) is 8.86. The summed E-state index contributed by atoms with van der Waals surface area (Å²) in [6.07, 6.45) is 6.14. The van der Waals surface area contributed by atoms with Crippen LogP contribution in [0.15, 0.2) is 46.9 Å². The van der Waals surface area contributed by atoms with E-state index >= 15 is 0 Å². The molecule has 2 aromatic rings. The second kappa shape index (κ2) is 8.66. The summed E-state index contributed by atoms with van der Waals surface area (Å²) in [5.74, 6) is 0.0252. The number of nitrogens with zero attached hydrogens (tertiary/aromatic N) is 1. The zero-order valence-electron chi connectivity index (χ0n) is 16.2. The molecule has 6 heteroatoms. The highest BCUT2D eigenvalue weighted by Crippen LogP contribution is 2.38. The number of amides is 2. The molecule has 1 saturated carbocycles. The van der Waals surface area contributed by atoms with Crippen molar-refractivity contribution in [3.05, 3.63) is 63.9 Å². The molecule has 1 atom stereocenters. The highest BCUT2D eigenvalue weighted by Gasteiger charge is 2.33. The van der Waals surface area contributed by atoms with E-state index in [9.17, 15) is 14.0 Å². The summed E-state index contributed by atoms with van der Waals surface area (Å²) in [6, 6.07) is 11.3. The summed E-state index contributed by atoms with van der Waals surface area (Å²) in [6.45, 7) is -0.0160. The Labute approximate surface area is 178 Å². The zero-order chi connectivity index (χ0) is 20.4. The molecular weight excluding hydrogens is 435 g/mol. The Morgan fingerprint density at radius 3 is 2.59 bits per heavy atom. The molecular formula is C23H24BrFN2O2. The normalized spacial score (nSPS) is 19.6. The van der Waals surface area contributed by atoms with Crippen LogP contribution in [-0.4, -0.2) is 23.3 Å². The largest absolute Gasteiger partial charge is 0.324 e. The van der Waals surface area contributed by atoms with Gasteiger partial charge < -0.3 is 10.2 Å². The molecule has 0 aromatic heterocycles. The lowest BCUT2D eigenvalue weighted by molar-refractivity contribution is -0.136. The van der Waals surface area contributed by atoms with Gasteiger partial charge >= 0.3 is 0 Å². The highest BCUT2D eigenvalue weighted by molar-refractivity contribution is 9.10. The summed E-state index contributed by atoms with van der Waals surface area (Å²) < 4.78 is 14.4. The third kappa shape index (κ3) is 4.53. The van der Waals surface area contributed by atoms with Crippen molar-refractivity contribution in [1.29, 1.82) is 0 Å². The number of anilines is 1. The number of carbonyl (C=O) groups is 2. The predicted molar refractivity (Wildman–Crippen MR) is 114 cm³/mol. The van der Waals surface area contributed by atoms with Gasteiger partial charge in [0, 0.05) is 22.1 Å². The third-order valence-corrected chi connectivity index (χ3v) is 6.45. The van der Waals surface area contributed by atoms with Crippen molar-refractivity contribution in [2.24, 2.45) is 5.92 Å². The van der Waals surface area contributed by atoms with E-state index in [2.05, 4.69) is 21.2 Å². The van der Waals surface area contributed by atoms with E-state index in [-0.39, 0.29) is 24.2 Å². The molecule has 0 unspecified atom stereocenters. The van der Waals surface area contributed by atoms with Crippen LogP contribution >= 0.6 is 15.9 Å². The fourth-order valence-electron chi connectivity index (χ4n) is 4.48. The molecule has 2 aliphatic rings. The molecule has 1 aliphatic carbocycles. The fraction of sp³-hybridized carbons (Fsp3) is 0.391. The smallest absolute Gasteiger partial charge is 0.244 e. The summed E-state index contributed by atoms with van der Waals surface area (Å²) in [4.78, 5) is 27.5. The molecule has 1 N–H and O–H groups in total. The van der Waals surface area contributed by atoms with E-state index in [0.717, 1.165) is 22.0 Å². The molecule has 152 valence electrons. The molecule has 2 aromatic carbocycles. The molecule has 1 fully saturated rings. The van der Waals surface area contributed by atoms with Gasteiger partial charge in [-0.15, -0.1) is 0 Å². The summed E-state index contributed by atoms with van der Waals surface area (Å²) >= 11 is 3.50. The van der Waals surface area contributed by atoms with Gasteiger partial charge in [-0.1, -0.05) is 53.7 Å². The Bertz CT molecular complexity index is 910. The van der Waals surface area contributed by atoms with E-state index in [1.807, 2.05) is 18.2 Å². The number of fused-ring (bicyclic) bond motifs is 1. The van der Waals surface area contributed by atoms with Gasteiger partial charge in [-0.25, -0.2) is 4.39 Å². The molecule has 0 bridgehead atoms. The van der Waals surface area contributed by atoms with Crippen LogP contribution < -0.4 is 5.32 Å². The van der Waals surface area contributed by atoms with Crippen LogP contribution in [0.1, 0.15) is 55.7 Å². The van der Waals surface area contributed by atoms with Crippen molar-refractivity contribution in [2.75, 3.05) is 11.9 Å². The van der Waals surface area contributed by atoms with E-state index in [0.29, 0.717) is 18.0 Å². The molecule has 0 radical (unpaired) electrons. The lowest BCUT2D eigenvalue weighted by atomic mass is 9.95. The van der Waals surface area contributed by atoms with Crippen molar-refractivity contribution >= 4 is 33.4 Å². The van der Waals surface area contributed by atoms with Crippen molar-refractivity contribution < 1.29 is 14.0 Å². The number of benzene rings is 2. The van der Waals surface area contributed by atoms with Gasteiger partial charge in [0.15, 0.2) is 0 Å². The van der Waals surface area contributed by atoms with E-state index in [4.69, 9.17) is 0 Å². The Kier molecular flexibility index (Phi) is 5.99. The summed E-state index contributed by atoms with van der Waals surface area (Å²) in [5.41, 5.74) is 2.29. The molecule has 1 heterocycles. The average Bonchev–Trinajstić information content (AvgIpc) is 3.17. The van der Waals surface area contributed by atoms with Crippen molar-refractivity contribution in [3.63, 3.8) is 0 Å². The Hall–Kier alpha value is -2.21. The molecule has 1 aliphatic heterocycles. The minimum Gasteiger partial charge on any atom is -0.324 e. The monoisotopic (exact) mass is 458 g/mol. The number of halogens is 2. The molecule has 0 spiro atoms. The van der Waals surface area contributed by atoms with Crippen LogP contribution in [0.5, 0.6) is 0 Å². The van der Waals surface area contributed by atoms with Gasteiger partial charge in [0.05, 0.1) is 6.04 Å². The zero-order valence-corrected chi connectivity index (χ0v) is 17.8. The van der Waals surface area contributed by atoms with Gasteiger partial charge in [-0.05, 0) is 48.2 Å². The Morgan fingerprint density at radius 1 is 1.14 bits per heavy atom. The first kappa shape index (κ1) is 20.1. The standard InChI is InChI=1S/C23H24BrFN2O2/c24-17-8-11-20-19(13-17)23(16-6-9-18(25)10-7-16)27(14-21(28)26-20)22(29)12-5-15-3-1-2-4-15/h6-11,13,15,23H,1-5,12,14H2,(H,26,28)/t23-/m1/s1. The van der Waals surface area contributed by atoms with Crippen molar-refractivity contribution in [2.45, 2.75) is 44.6 Å². The molecule has 4 nitrogen and oxygen atoms in total. The molecule has 4 rings (SSSR count). The number of rotatable bonds is 4. The van der Waals surface area contributed by atoms with Crippen molar-refractivity contribution in [3.8, 4) is 0 Å². The lowest BCUT2D eigenvalue weighted by Crippen LogP contribution is -2.39. The second-order valence-electron chi connectivity index (χ2n) is 7.94. The summed E-state index contributed by atoms with van der Waals surface area (Å²) in [5, 5.41) is 2.92. The van der Waals surface area contributed by atoms with Crippen LogP contribution in [0, 0.1) is 11.7 Å². The maximum absolute atomic E-state index is 13.6. The first-order valence-corrected chi connectivity index (χ1v) is 10.9. The predicted octanol–water partition coefficient (Wildman–Crippen LogP) is 5.43. The molecule has 2 amide bonds. The fourth-order valence-corrected chi connectivity index (χ4v) is 4.86. The van der Waals surface area contributed by atoms with Gasteiger partial charge in [0.1, 0.15) is 12.4 Å². The van der Waals surface area contributed by atoms with E-state index < -0.39 is 6.04 Å². The van der Waals surface area contributed by atoms with Crippen LogP contribution in [-0.2, 0) is 9.59 Å². The minimum atomic E-state index is -0.446. The molecule has 0 saturated heterocycles. The maximum atomic E-state index is 13.6. The Morgan fingerprint density at radius 2 is 1.86 bits per heavy atom. The highest BCUT2D eigenvalue weighted by atomic mass is 79.9. The first-order valence-electron chi connectivity index (χ1n) is 10.2. The summed E-state index contributed by atoms with van der Waals surface area (Å²) in [7, 11) is 0. The lowest BCUT2D eigenvalue weighted by Gasteiger charge is -2.31. The van der Waals surface area contributed by atoms with Crippen molar-refractivity contribution in [1.82, 2.24) is 4.90 Å². The maximum Gasteiger partial charge on any atom is 0.244 e. The number of nitrogens with one attached hydrogen (secondary N) is 1. The number of carbonyl (C=O) groups excluding carboxylic acids is 2. The molecule has 29 heavy (non-hydrogen) atoms. The third-order valence-electron chi connectivity index (χ3n) is 5.96. The van der Waals surface area contributed by atoms with Crippen LogP contribution in [0.2, 0.25) is 0 Å². The Balaban J connectivity index is 1.70. The van der Waals surface area contributed by atoms with Gasteiger partial charge in [0.25, 0.3) is 0 Å². The minimum absolute atomic E-state index is 0.0160. The average molecular weight is 459 g/mol. The number of hydrogen-bond acceptors (Lipinski definition) is 2.